The molecule has 3 N–H and O–H groups in total. The minimum Gasteiger partial charge on any atom is -0.478 e. The van der Waals surface area contributed by atoms with Gasteiger partial charge in [-0.3, -0.25) is 0 Å². The third kappa shape index (κ3) is 10.3. The van der Waals surface area contributed by atoms with Crippen molar-refractivity contribution in [1.29, 1.82) is 0 Å². The summed E-state index contributed by atoms with van der Waals surface area (Å²) in [6.45, 7) is 0. The van der Waals surface area contributed by atoms with Gasteiger partial charge in [-0.05, 0) is 59.7 Å². The molecule has 4 aromatic rings. The second kappa shape index (κ2) is 15.3. The Kier molecular flexibility index (Phi) is 11.5. The zero-order chi connectivity index (χ0) is 33.0. The van der Waals surface area contributed by atoms with Crippen LogP contribution in [0.1, 0.15) is 22.3 Å². The summed E-state index contributed by atoms with van der Waals surface area (Å²) in [6.07, 6.45) is -4.01. The highest BCUT2D eigenvalue weighted by atomic mass is 19.4. The monoisotopic (exact) mass is 628 g/mol. The van der Waals surface area contributed by atoms with Gasteiger partial charge in [0.05, 0.1) is 29.6 Å². The molecule has 0 aliphatic rings. The van der Waals surface area contributed by atoms with E-state index in [4.69, 9.17) is 5.11 Å². The first-order valence-electron chi connectivity index (χ1n) is 13.0. The van der Waals surface area contributed by atoms with E-state index >= 15 is 0 Å². The van der Waals surface area contributed by atoms with Gasteiger partial charge in [0.15, 0.2) is 0 Å². The Morgan fingerprint density at radius 3 is 1.33 bits per heavy atom. The largest absolute Gasteiger partial charge is 0.478 e. The molecule has 0 amide bonds. The number of anilines is 4. The highest BCUT2D eigenvalue weighted by Crippen LogP contribution is 2.37. The lowest BCUT2D eigenvalue weighted by Gasteiger charge is -2.15. The van der Waals surface area contributed by atoms with E-state index < -0.39 is 35.4 Å². The third-order valence-electron chi connectivity index (χ3n) is 5.93. The smallest absolute Gasteiger partial charge is 0.418 e. The summed E-state index contributed by atoms with van der Waals surface area (Å²) < 4.78 is 82.5. The lowest BCUT2D eigenvalue weighted by atomic mass is 10.1. The molecule has 0 atom stereocenters. The van der Waals surface area contributed by atoms with E-state index in [9.17, 15) is 35.9 Å². The normalized spacial score (nSPS) is 11.5. The molecule has 0 fully saturated rings. The van der Waals surface area contributed by atoms with E-state index in [2.05, 4.69) is 15.4 Å². The molecule has 4 aromatic carbocycles. The van der Waals surface area contributed by atoms with Crippen LogP contribution in [0.2, 0.25) is 0 Å². The van der Waals surface area contributed by atoms with Crippen LogP contribution in [0.4, 0.5) is 49.1 Å². The molecule has 0 spiro atoms. The van der Waals surface area contributed by atoms with Crippen molar-refractivity contribution < 1.29 is 45.8 Å². The second-order valence-corrected chi connectivity index (χ2v) is 9.04. The Balaban J connectivity index is 0.000000246. The van der Waals surface area contributed by atoms with Gasteiger partial charge in [-0.1, -0.05) is 60.7 Å². The molecule has 0 aromatic heterocycles. The summed E-state index contributed by atoms with van der Waals surface area (Å²) in [7, 11) is 1.25. The summed E-state index contributed by atoms with van der Waals surface area (Å²) >= 11 is 0. The number of rotatable bonds is 8. The molecule has 234 valence electrons. The van der Waals surface area contributed by atoms with Crippen LogP contribution in [0.25, 0.3) is 12.2 Å². The minimum absolute atomic E-state index is 0.0566. The molecular formula is C33H26F6N2O4. The Bertz CT molecular complexity index is 1680. The van der Waals surface area contributed by atoms with Crippen molar-refractivity contribution in [3.8, 4) is 0 Å². The predicted molar refractivity (Wildman–Crippen MR) is 160 cm³/mol. The van der Waals surface area contributed by atoms with Crippen molar-refractivity contribution in [1.82, 2.24) is 0 Å². The molecule has 0 radical (unpaired) electrons. The average Bonchev–Trinajstić information content (AvgIpc) is 3.00. The molecule has 6 nitrogen and oxygen atoms in total. The molecule has 0 saturated heterocycles. The molecular weight excluding hydrogens is 602 g/mol. The Hall–Kier alpha value is -5.52. The molecule has 0 heterocycles. The molecule has 4 rings (SSSR count). The number of benzene rings is 4. The predicted octanol–water partition coefficient (Wildman–Crippen LogP) is 9.18. The van der Waals surface area contributed by atoms with Crippen LogP contribution in [0.5, 0.6) is 0 Å². The highest BCUT2D eigenvalue weighted by molar-refractivity contribution is 5.89. The zero-order valence-corrected chi connectivity index (χ0v) is 23.5. The summed E-state index contributed by atoms with van der Waals surface area (Å²) in [5.41, 5.74) is 0.182. The lowest BCUT2D eigenvalue weighted by Crippen LogP contribution is -2.08. The number of aliphatic carboxylic acids is 1. The van der Waals surface area contributed by atoms with Crippen LogP contribution in [-0.4, -0.2) is 24.2 Å². The molecule has 12 heteroatoms. The van der Waals surface area contributed by atoms with Crippen LogP contribution in [-0.2, 0) is 26.7 Å². The first kappa shape index (κ1) is 34.0. The third-order valence-corrected chi connectivity index (χ3v) is 5.93. The Morgan fingerprint density at radius 2 is 0.956 bits per heavy atom. The minimum atomic E-state index is -4.48. The molecule has 0 bridgehead atoms. The average molecular weight is 629 g/mol. The first-order valence-corrected chi connectivity index (χ1v) is 13.0. The van der Waals surface area contributed by atoms with Crippen molar-refractivity contribution in [2.45, 2.75) is 12.4 Å². The van der Waals surface area contributed by atoms with Crippen molar-refractivity contribution >= 4 is 46.8 Å². The van der Waals surface area contributed by atoms with Gasteiger partial charge in [0.25, 0.3) is 0 Å². The quantitative estimate of drug-likeness (QED) is 0.102. The number of halogens is 6. The number of hydrogen-bond donors (Lipinski definition) is 3. The number of carboxylic acids is 1. The number of carboxylic acid groups (broad SMARTS) is 1. The summed E-state index contributed by atoms with van der Waals surface area (Å²) in [6, 6.07) is 23.5. The van der Waals surface area contributed by atoms with Crippen molar-refractivity contribution in [3.63, 3.8) is 0 Å². The number of methoxy groups -OCH3 is 1. The van der Waals surface area contributed by atoms with E-state index in [1.807, 2.05) is 0 Å². The molecule has 45 heavy (non-hydrogen) atoms. The standard InChI is InChI=1S/C17H14F3NO2.C16H12F3NO2/c1-23-16(22)11-10-12-6-2-4-8-14(12)21-15-9-5-3-7-13(15)17(18,19)20;17-16(18,19)12-6-2-4-8-14(12)20-13-7-3-1-5-11(13)9-10-15(21)22/h2-11,21H,1H3;1-10,20H,(H,21,22). The number of carbonyl (C=O) groups is 2. The van der Waals surface area contributed by atoms with Crippen LogP contribution in [0.3, 0.4) is 0 Å². The number of alkyl halides is 6. The maximum atomic E-state index is 13.0. The number of hydrogen-bond acceptors (Lipinski definition) is 5. The Labute approximate surface area is 254 Å². The molecule has 0 saturated carbocycles. The van der Waals surface area contributed by atoms with Crippen molar-refractivity contribution in [2.24, 2.45) is 0 Å². The topological polar surface area (TPSA) is 87.7 Å². The summed E-state index contributed by atoms with van der Waals surface area (Å²) in [5, 5.41) is 14.1. The van der Waals surface area contributed by atoms with Crippen LogP contribution in [0, 0.1) is 0 Å². The van der Waals surface area contributed by atoms with Gasteiger partial charge in [-0.25, -0.2) is 9.59 Å². The maximum Gasteiger partial charge on any atom is 0.418 e. The maximum absolute atomic E-state index is 13.0. The number of nitrogens with one attached hydrogen (secondary N) is 2. The lowest BCUT2D eigenvalue weighted by molar-refractivity contribution is -0.137. The number of ether oxygens (including phenoxy) is 1. The molecule has 0 unspecified atom stereocenters. The fraction of sp³-hybridized carbons (Fsp3) is 0.0909. The van der Waals surface area contributed by atoms with Gasteiger partial charge in [-0.2, -0.15) is 26.3 Å². The molecule has 0 aliphatic carbocycles. The first-order chi connectivity index (χ1) is 21.3. The van der Waals surface area contributed by atoms with Crippen LogP contribution < -0.4 is 10.6 Å². The van der Waals surface area contributed by atoms with Gasteiger partial charge in [0.1, 0.15) is 0 Å². The number of esters is 1. The van der Waals surface area contributed by atoms with Crippen LogP contribution in [0.15, 0.2) is 109 Å². The SMILES string of the molecule is COC(=O)C=Cc1ccccc1Nc1ccccc1C(F)(F)F.O=C(O)C=Cc1ccccc1Nc1ccccc1C(F)(F)F. The van der Waals surface area contributed by atoms with E-state index in [0.717, 1.165) is 18.2 Å². The number of para-hydroxylation sites is 4. The summed E-state index contributed by atoms with van der Waals surface area (Å²) in [5.74, 6) is -1.68. The summed E-state index contributed by atoms with van der Waals surface area (Å²) in [4.78, 5) is 21.7. The van der Waals surface area contributed by atoms with Crippen molar-refractivity contribution in [3.05, 3.63) is 131 Å². The van der Waals surface area contributed by atoms with Gasteiger partial charge in [0, 0.05) is 23.5 Å². The van der Waals surface area contributed by atoms with Gasteiger partial charge in [0.2, 0.25) is 0 Å². The molecule has 0 aliphatic heterocycles. The number of carbonyl (C=O) groups excluding carboxylic acids is 1. The van der Waals surface area contributed by atoms with E-state index in [0.29, 0.717) is 22.5 Å². The fourth-order valence-electron chi connectivity index (χ4n) is 3.87. The second-order valence-electron chi connectivity index (χ2n) is 9.04. The van der Waals surface area contributed by atoms with Gasteiger partial charge in [-0.15, -0.1) is 0 Å². The fourth-order valence-corrected chi connectivity index (χ4v) is 3.87. The zero-order valence-electron chi connectivity index (χ0n) is 23.5. The van der Waals surface area contributed by atoms with Gasteiger partial charge < -0.3 is 20.5 Å². The van der Waals surface area contributed by atoms with Crippen LogP contribution >= 0.6 is 0 Å². The van der Waals surface area contributed by atoms with Gasteiger partial charge >= 0.3 is 24.3 Å². The van der Waals surface area contributed by atoms with Crippen molar-refractivity contribution in [2.75, 3.05) is 17.7 Å². The Morgan fingerprint density at radius 1 is 0.600 bits per heavy atom. The van der Waals surface area contributed by atoms with E-state index in [-0.39, 0.29) is 11.4 Å². The highest BCUT2D eigenvalue weighted by Gasteiger charge is 2.34. The van der Waals surface area contributed by atoms with E-state index in [1.165, 1.54) is 61.7 Å². The van der Waals surface area contributed by atoms with E-state index in [1.54, 1.807) is 48.5 Å².